The monoisotopic (exact) mass is 640 g/mol. The van der Waals surface area contributed by atoms with Gasteiger partial charge in [-0.15, -0.1) is 0 Å². The molecule has 1 saturated carbocycles. The van der Waals surface area contributed by atoms with Crippen molar-refractivity contribution >= 4 is 11.6 Å². The third-order valence-electron chi connectivity index (χ3n) is 10.4. The molecule has 1 aliphatic carbocycles. The maximum Gasteiger partial charge on any atom is 0.137 e. The molecule has 3 nitrogen and oxygen atoms in total. The van der Waals surface area contributed by atoms with Crippen LogP contribution < -0.4 is 15.4 Å². The number of benzene rings is 2. The molecule has 46 heavy (non-hydrogen) atoms. The van der Waals surface area contributed by atoms with Crippen molar-refractivity contribution in [1.29, 1.82) is 0 Å². The molecule has 248 valence electrons. The molecule has 4 rings (SSSR count). The highest BCUT2D eigenvalue weighted by Gasteiger charge is 2.44. The van der Waals surface area contributed by atoms with Crippen molar-refractivity contribution in [3.8, 4) is 5.75 Å². The van der Waals surface area contributed by atoms with E-state index in [-0.39, 0.29) is 6.04 Å². The van der Waals surface area contributed by atoms with Crippen molar-refractivity contribution in [3.05, 3.63) is 126 Å². The van der Waals surface area contributed by atoms with Crippen LogP contribution in [0.3, 0.4) is 0 Å². The van der Waals surface area contributed by atoms with Crippen LogP contribution in [0.2, 0.25) is 5.02 Å². The van der Waals surface area contributed by atoms with E-state index in [2.05, 4.69) is 107 Å². The van der Waals surface area contributed by atoms with Crippen molar-refractivity contribution in [1.82, 2.24) is 10.6 Å². The number of halogens is 1. The molecule has 5 unspecified atom stereocenters. The van der Waals surface area contributed by atoms with Crippen LogP contribution in [-0.4, -0.2) is 19.7 Å². The van der Waals surface area contributed by atoms with Gasteiger partial charge >= 0.3 is 0 Å². The van der Waals surface area contributed by atoms with Crippen LogP contribution in [0.5, 0.6) is 5.75 Å². The summed E-state index contributed by atoms with van der Waals surface area (Å²) in [5, 5.41) is 7.90. The molecular formula is C42H57ClN2O. The highest BCUT2D eigenvalue weighted by molar-refractivity contribution is 6.32. The lowest BCUT2D eigenvalue weighted by Gasteiger charge is -2.31. The maximum atomic E-state index is 6.49. The molecule has 0 radical (unpaired) electrons. The zero-order valence-electron chi connectivity index (χ0n) is 29.0. The summed E-state index contributed by atoms with van der Waals surface area (Å²) in [4.78, 5) is 0. The van der Waals surface area contributed by atoms with E-state index in [1.165, 1.54) is 23.1 Å². The molecule has 0 spiro atoms. The first-order valence-corrected chi connectivity index (χ1v) is 17.6. The molecule has 7 atom stereocenters. The predicted octanol–water partition coefficient (Wildman–Crippen LogP) is 10.7. The lowest BCUT2D eigenvalue weighted by Crippen LogP contribution is -2.38. The summed E-state index contributed by atoms with van der Waals surface area (Å²) in [6.07, 6.45) is 10.7. The maximum absolute atomic E-state index is 6.49. The van der Waals surface area contributed by atoms with Gasteiger partial charge in [-0.05, 0) is 109 Å². The van der Waals surface area contributed by atoms with Crippen molar-refractivity contribution < 1.29 is 4.74 Å². The third kappa shape index (κ3) is 9.91. The van der Waals surface area contributed by atoms with Crippen LogP contribution in [0.1, 0.15) is 76.8 Å². The van der Waals surface area contributed by atoms with E-state index in [1.54, 1.807) is 7.11 Å². The van der Waals surface area contributed by atoms with E-state index in [4.69, 9.17) is 22.9 Å². The van der Waals surface area contributed by atoms with Gasteiger partial charge in [-0.1, -0.05) is 119 Å². The summed E-state index contributed by atoms with van der Waals surface area (Å²) >= 11 is 6.49. The molecular weight excluding hydrogens is 584 g/mol. The fourth-order valence-corrected chi connectivity index (χ4v) is 7.52. The Morgan fingerprint density at radius 1 is 0.978 bits per heavy atom. The Morgan fingerprint density at radius 3 is 2.39 bits per heavy atom. The molecule has 0 bridgehead atoms. The molecule has 0 amide bonds. The number of methoxy groups -OCH3 is 1. The number of nitrogens with one attached hydrogen (secondary N) is 2. The van der Waals surface area contributed by atoms with Gasteiger partial charge in [0.15, 0.2) is 0 Å². The van der Waals surface area contributed by atoms with E-state index in [9.17, 15) is 0 Å². The first kappa shape index (κ1) is 35.7. The van der Waals surface area contributed by atoms with Gasteiger partial charge < -0.3 is 15.4 Å². The number of rotatable bonds is 8. The normalized spacial score (nSPS) is 27.9. The van der Waals surface area contributed by atoms with Gasteiger partial charge in [0.05, 0.1) is 18.2 Å². The average Bonchev–Trinajstić information content (AvgIpc) is 3.83. The molecule has 2 aromatic carbocycles. The first-order valence-electron chi connectivity index (χ1n) is 17.2. The second-order valence-electron chi connectivity index (χ2n) is 14.4. The zero-order chi connectivity index (χ0) is 33.4. The topological polar surface area (TPSA) is 33.3 Å². The summed E-state index contributed by atoms with van der Waals surface area (Å²) in [6, 6.07) is 17.0. The van der Waals surface area contributed by atoms with Crippen LogP contribution in [0.4, 0.5) is 0 Å². The summed E-state index contributed by atoms with van der Waals surface area (Å²) in [5.41, 5.74) is 7.09. The van der Waals surface area contributed by atoms with Crippen molar-refractivity contribution in [3.63, 3.8) is 0 Å². The fourth-order valence-electron chi connectivity index (χ4n) is 7.24. The highest BCUT2D eigenvalue weighted by atomic mass is 35.5. The summed E-state index contributed by atoms with van der Waals surface area (Å²) in [5.74, 6) is 4.55. The molecule has 2 N–H and O–H groups in total. The Hall–Kier alpha value is -3.17. The van der Waals surface area contributed by atoms with Crippen LogP contribution in [0.25, 0.3) is 0 Å². The number of hydrogen-bond donors (Lipinski definition) is 2. The minimum Gasteiger partial charge on any atom is -0.495 e. The SMILES string of the molecule is C=C1/C=C/C[C@@H](C(C)C2CC2c2ccccc2)CC(=C)C(CC(C)C)CC(=C)C(C)CNC(=C)[C@@H](Cc2ccc(OC)c(Cl)c2)N1. The summed E-state index contributed by atoms with van der Waals surface area (Å²) in [6.45, 7) is 28.4. The standard InChI is InChI=1S/C42H57ClN2O/c1-27(2)20-37-21-28(3)30(5)26-44-33(8)41(24-34-18-19-42(46-9)40(43)23-34)45-31(6)14-13-17-36(22-29(37)4)32(7)38-25-39(38)35-15-11-10-12-16-35/h10-16,18-19,23,27,30,32,36-39,41,44-45H,3-4,6,8,17,20-22,24-26H2,1-2,5,7,9H3/b14-13+/t30?,32?,36-,37?,38?,39?,41-/m1/s1. The largest absolute Gasteiger partial charge is 0.495 e. The smallest absolute Gasteiger partial charge is 0.137 e. The Kier molecular flexibility index (Phi) is 12.9. The van der Waals surface area contributed by atoms with Gasteiger partial charge in [0, 0.05) is 17.9 Å². The molecule has 2 aromatic rings. The Bertz CT molecular complexity index is 1390. The first-order chi connectivity index (χ1) is 22.0. The molecule has 1 aliphatic heterocycles. The molecule has 4 heteroatoms. The second-order valence-corrected chi connectivity index (χ2v) is 14.8. The van der Waals surface area contributed by atoms with Crippen LogP contribution in [-0.2, 0) is 6.42 Å². The van der Waals surface area contributed by atoms with Crippen molar-refractivity contribution in [2.45, 2.75) is 78.2 Å². The minimum atomic E-state index is -0.0590. The zero-order valence-corrected chi connectivity index (χ0v) is 29.7. The van der Waals surface area contributed by atoms with Crippen LogP contribution in [0.15, 0.2) is 110 Å². The highest BCUT2D eigenvalue weighted by Crippen LogP contribution is 2.55. The molecule has 1 heterocycles. The van der Waals surface area contributed by atoms with E-state index in [0.717, 1.165) is 55.6 Å². The van der Waals surface area contributed by atoms with Crippen LogP contribution in [0, 0.1) is 35.5 Å². The fraction of sp³-hybridized carbons (Fsp3) is 0.476. The Morgan fingerprint density at radius 2 is 1.72 bits per heavy atom. The van der Waals surface area contributed by atoms with Gasteiger partial charge in [0.1, 0.15) is 5.75 Å². The second kappa shape index (κ2) is 16.6. The predicted molar refractivity (Wildman–Crippen MR) is 198 cm³/mol. The molecule has 1 fully saturated rings. The molecule has 0 aromatic heterocycles. The summed E-state index contributed by atoms with van der Waals surface area (Å²) in [7, 11) is 1.64. The molecule has 2 aliphatic rings. The van der Waals surface area contributed by atoms with Crippen molar-refractivity contribution in [2.75, 3.05) is 13.7 Å². The number of hydrogen-bond acceptors (Lipinski definition) is 3. The van der Waals surface area contributed by atoms with Gasteiger partial charge in [-0.2, -0.15) is 0 Å². The number of ether oxygens (including phenoxy) is 1. The lowest BCUT2D eigenvalue weighted by atomic mass is 9.75. The summed E-state index contributed by atoms with van der Waals surface area (Å²) < 4.78 is 5.38. The lowest BCUT2D eigenvalue weighted by molar-refractivity contribution is 0.301. The Balaban J connectivity index is 1.58. The average molecular weight is 641 g/mol. The minimum absolute atomic E-state index is 0.0590. The third-order valence-corrected chi connectivity index (χ3v) is 10.7. The Labute approximate surface area is 284 Å². The van der Waals surface area contributed by atoms with E-state index in [0.29, 0.717) is 52.2 Å². The van der Waals surface area contributed by atoms with Gasteiger partial charge in [0.2, 0.25) is 0 Å². The van der Waals surface area contributed by atoms with E-state index in [1.807, 2.05) is 12.1 Å². The van der Waals surface area contributed by atoms with E-state index < -0.39 is 0 Å². The van der Waals surface area contributed by atoms with E-state index >= 15 is 0 Å². The van der Waals surface area contributed by atoms with Crippen molar-refractivity contribution in [2.24, 2.45) is 35.5 Å². The quantitative estimate of drug-likeness (QED) is 0.282. The number of allylic oxidation sites excluding steroid dienone is 3. The van der Waals surface area contributed by atoms with Gasteiger partial charge in [0.25, 0.3) is 0 Å². The van der Waals surface area contributed by atoms with Gasteiger partial charge in [-0.25, -0.2) is 0 Å². The molecule has 0 saturated heterocycles. The van der Waals surface area contributed by atoms with Gasteiger partial charge in [-0.3, -0.25) is 0 Å². The van der Waals surface area contributed by atoms with Crippen LogP contribution >= 0.6 is 11.6 Å².